The molecule has 3 nitrogen and oxygen atoms in total. The first kappa shape index (κ1) is 11.6. The lowest BCUT2D eigenvalue weighted by atomic mass is 10.1. The molecule has 0 amide bonds. The summed E-state index contributed by atoms with van der Waals surface area (Å²) in [4.78, 5) is 0. The van der Waals surface area contributed by atoms with Crippen molar-refractivity contribution in [2.45, 2.75) is 24.9 Å². The van der Waals surface area contributed by atoms with Crippen LogP contribution < -0.4 is 11.1 Å². The standard InChI is InChI=1S/C11H14ClFN2O/c12-8-3-6(4-9(13)11(8)14)10(5-16)15-7-1-2-7/h3-4,7,10,15-16H,1-2,5,14H2. The van der Waals surface area contributed by atoms with Crippen LogP contribution in [0.15, 0.2) is 12.1 Å². The van der Waals surface area contributed by atoms with Crippen molar-refractivity contribution in [2.75, 3.05) is 12.3 Å². The normalized spacial score (nSPS) is 17.4. The topological polar surface area (TPSA) is 58.3 Å². The van der Waals surface area contributed by atoms with E-state index in [9.17, 15) is 9.50 Å². The summed E-state index contributed by atoms with van der Waals surface area (Å²) in [5.74, 6) is -0.543. The quantitative estimate of drug-likeness (QED) is 0.709. The molecule has 1 aliphatic rings. The van der Waals surface area contributed by atoms with Crippen LogP contribution in [-0.4, -0.2) is 17.8 Å². The van der Waals surface area contributed by atoms with Crippen molar-refractivity contribution in [3.63, 3.8) is 0 Å². The third-order valence-electron chi connectivity index (χ3n) is 2.70. The fraction of sp³-hybridized carbons (Fsp3) is 0.455. The molecule has 1 aromatic rings. The molecule has 1 aromatic carbocycles. The molecular weight excluding hydrogens is 231 g/mol. The van der Waals surface area contributed by atoms with Gasteiger partial charge in [0.15, 0.2) is 0 Å². The number of aliphatic hydroxyl groups excluding tert-OH is 1. The van der Waals surface area contributed by atoms with E-state index in [0.717, 1.165) is 12.8 Å². The fourth-order valence-corrected chi connectivity index (χ4v) is 1.81. The Labute approximate surface area is 98.4 Å². The average molecular weight is 245 g/mol. The van der Waals surface area contributed by atoms with Gasteiger partial charge in [-0.3, -0.25) is 0 Å². The minimum Gasteiger partial charge on any atom is -0.395 e. The van der Waals surface area contributed by atoms with Gasteiger partial charge in [0.1, 0.15) is 5.82 Å². The number of nitrogens with two attached hydrogens (primary N) is 1. The second-order valence-electron chi connectivity index (χ2n) is 4.07. The molecule has 1 aliphatic carbocycles. The summed E-state index contributed by atoms with van der Waals surface area (Å²) in [6.07, 6.45) is 2.20. The van der Waals surface area contributed by atoms with Crippen LogP contribution in [0.1, 0.15) is 24.4 Å². The number of hydrogen-bond donors (Lipinski definition) is 3. The molecule has 5 heteroatoms. The van der Waals surface area contributed by atoms with Crippen LogP contribution in [0, 0.1) is 5.82 Å². The summed E-state index contributed by atoms with van der Waals surface area (Å²) in [6, 6.07) is 3.06. The minimum atomic E-state index is -0.543. The highest BCUT2D eigenvalue weighted by Gasteiger charge is 2.25. The number of nitrogens with one attached hydrogen (secondary N) is 1. The molecule has 0 bridgehead atoms. The monoisotopic (exact) mass is 244 g/mol. The van der Waals surface area contributed by atoms with Crippen LogP contribution in [0.5, 0.6) is 0 Å². The van der Waals surface area contributed by atoms with E-state index >= 15 is 0 Å². The van der Waals surface area contributed by atoms with Gasteiger partial charge < -0.3 is 16.2 Å². The van der Waals surface area contributed by atoms with Gasteiger partial charge in [-0.1, -0.05) is 11.6 Å². The van der Waals surface area contributed by atoms with E-state index in [0.29, 0.717) is 11.6 Å². The molecular formula is C11H14ClFN2O. The summed E-state index contributed by atoms with van der Waals surface area (Å²) in [5, 5.41) is 12.6. The van der Waals surface area contributed by atoms with Gasteiger partial charge in [0.25, 0.3) is 0 Å². The van der Waals surface area contributed by atoms with Crippen LogP contribution in [0.4, 0.5) is 10.1 Å². The Bertz CT molecular complexity index is 373. The lowest BCUT2D eigenvalue weighted by molar-refractivity contribution is 0.243. The fourth-order valence-electron chi connectivity index (χ4n) is 1.59. The highest BCUT2D eigenvalue weighted by Crippen LogP contribution is 2.29. The largest absolute Gasteiger partial charge is 0.395 e. The summed E-state index contributed by atoms with van der Waals surface area (Å²) < 4.78 is 13.4. The molecule has 1 atom stereocenters. The molecule has 0 aromatic heterocycles. The Balaban J connectivity index is 2.22. The third kappa shape index (κ3) is 2.45. The van der Waals surface area contributed by atoms with Gasteiger partial charge in [0.05, 0.1) is 23.4 Å². The SMILES string of the molecule is Nc1c(F)cc(C(CO)NC2CC2)cc1Cl. The zero-order chi connectivity index (χ0) is 11.7. The van der Waals surface area contributed by atoms with Crippen molar-refractivity contribution in [2.24, 2.45) is 0 Å². The van der Waals surface area contributed by atoms with Gasteiger partial charge >= 0.3 is 0 Å². The molecule has 0 saturated heterocycles. The predicted molar refractivity (Wildman–Crippen MR) is 61.8 cm³/mol. The number of anilines is 1. The van der Waals surface area contributed by atoms with Crippen LogP contribution in [0.25, 0.3) is 0 Å². The van der Waals surface area contributed by atoms with Gasteiger partial charge in [-0.05, 0) is 30.5 Å². The van der Waals surface area contributed by atoms with Crippen molar-refractivity contribution < 1.29 is 9.50 Å². The predicted octanol–water partition coefficient (Wildman–Crippen LogP) is 1.85. The molecule has 0 aliphatic heterocycles. The van der Waals surface area contributed by atoms with E-state index in [1.165, 1.54) is 6.07 Å². The number of aliphatic hydroxyl groups is 1. The van der Waals surface area contributed by atoms with Crippen LogP contribution in [-0.2, 0) is 0 Å². The van der Waals surface area contributed by atoms with E-state index in [-0.39, 0.29) is 23.4 Å². The lowest BCUT2D eigenvalue weighted by Crippen LogP contribution is -2.26. The smallest absolute Gasteiger partial charge is 0.147 e. The first-order valence-electron chi connectivity index (χ1n) is 5.23. The molecule has 1 saturated carbocycles. The van der Waals surface area contributed by atoms with E-state index in [1.54, 1.807) is 6.07 Å². The lowest BCUT2D eigenvalue weighted by Gasteiger charge is -2.17. The first-order valence-corrected chi connectivity index (χ1v) is 5.61. The molecule has 0 spiro atoms. The van der Waals surface area contributed by atoms with Gasteiger partial charge in [-0.25, -0.2) is 4.39 Å². The summed E-state index contributed by atoms with van der Waals surface area (Å²) in [7, 11) is 0. The molecule has 2 rings (SSSR count). The first-order chi connectivity index (χ1) is 7.61. The second-order valence-corrected chi connectivity index (χ2v) is 4.48. The molecule has 1 unspecified atom stereocenters. The van der Waals surface area contributed by atoms with Crippen LogP contribution >= 0.6 is 11.6 Å². The van der Waals surface area contributed by atoms with Gasteiger partial charge in [-0.15, -0.1) is 0 Å². The Morgan fingerprint density at radius 3 is 2.75 bits per heavy atom. The Kier molecular flexibility index (Phi) is 3.33. The molecule has 1 fully saturated rings. The minimum absolute atomic E-state index is 0.0477. The maximum Gasteiger partial charge on any atom is 0.147 e. The molecule has 4 N–H and O–H groups in total. The third-order valence-corrected chi connectivity index (χ3v) is 3.01. The Hall–Kier alpha value is -0.840. The van der Waals surface area contributed by atoms with E-state index < -0.39 is 5.82 Å². The van der Waals surface area contributed by atoms with Gasteiger partial charge in [0, 0.05) is 6.04 Å². The van der Waals surface area contributed by atoms with Gasteiger partial charge in [-0.2, -0.15) is 0 Å². The zero-order valence-electron chi connectivity index (χ0n) is 8.71. The summed E-state index contributed by atoms with van der Waals surface area (Å²) >= 11 is 5.80. The van der Waals surface area contributed by atoms with Crippen LogP contribution in [0.2, 0.25) is 5.02 Å². The number of halogens is 2. The molecule has 88 valence electrons. The number of rotatable bonds is 4. The highest BCUT2D eigenvalue weighted by atomic mass is 35.5. The number of hydrogen-bond acceptors (Lipinski definition) is 3. The van der Waals surface area contributed by atoms with Crippen molar-refractivity contribution in [3.05, 3.63) is 28.5 Å². The number of nitrogen functional groups attached to an aromatic ring is 1. The van der Waals surface area contributed by atoms with Crippen molar-refractivity contribution in [1.82, 2.24) is 5.32 Å². The Morgan fingerprint density at radius 1 is 1.56 bits per heavy atom. The van der Waals surface area contributed by atoms with Crippen LogP contribution in [0.3, 0.4) is 0 Å². The highest BCUT2D eigenvalue weighted by molar-refractivity contribution is 6.33. The summed E-state index contributed by atoms with van der Waals surface area (Å²) in [6.45, 7) is -0.0871. The Morgan fingerprint density at radius 2 is 2.25 bits per heavy atom. The molecule has 16 heavy (non-hydrogen) atoms. The molecule has 0 heterocycles. The maximum atomic E-state index is 13.4. The average Bonchev–Trinajstić information content (AvgIpc) is 3.05. The molecule has 0 radical (unpaired) electrons. The van der Waals surface area contributed by atoms with Crippen molar-refractivity contribution in [3.8, 4) is 0 Å². The second kappa shape index (κ2) is 4.57. The summed E-state index contributed by atoms with van der Waals surface area (Å²) in [5.41, 5.74) is 6.00. The van der Waals surface area contributed by atoms with E-state index in [1.807, 2.05) is 0 Å². The maximum absolute atomic E-state index is 13.4. The van der Waals surface area contributed by atoms with Gasteiger partial charge in [0.2, 0.25) is 0 Å². The van der Waals surface area contributed by atoms with E-state index in [4.69, 9.17) is 17.3 Å². The van der Waals surface area contributed by atoms with Crippen molar-refractivity contribution >= 4 is 17.3 Å². The van der Waals surface area contributed by atoms with Crippen molar-refractivity contribution in [1.29, 1.82) is 0 Å². The van der Waals surface area contributed by atoms with E-state index in [2.05, 4.69) is 5.32 Å². The number of benzene rings is 1. The zero-order valence-corrected chi connectivity index (χ0v) is 9.47.